The van der Waals surface area contributed by atoms with E-state index in [1.807, 2.05) is 25.1 Å². The van der Waals surface area contributed by atoms with Crippen LogP contribution in [0, 0.1) is 0 Å². The van der Waals surface area contributed by atoms with Crippen LogP contribution in [0.3, 0.4) is 0 Å². The summed E-state index contributed by atoms with van der Waals surface area (Å²) in [6.07, 6.45) is 0.883. The van der Waals surface area contributed by atoms with Gasteiger partial charge in [0.2, 0.25) is 0 Å². The van der Waals surface area contributed by atoms with Crippen molar-refractivity contribution in [2.24, 2.45) is 0 Å². The number of fused-ring (bicyclic) bond motifs is 1. The van der Waals surface area contributed by atoms with Crippen LogP contribution < -0.4 is 9.47 Å². The van der Waals surface area contributed by atoms with Gasteiger partial charge in [0.25, 0.3) is 0 Å². The lowest BCUT2D eigenvalue weighted by atomic mass is 10.2. The van der Waals surface area contributed by atoms with Crippen molar-refractivity contribution in [3.05, 3.63) is 23.1 Å². The third-order valence-electron chi connectivity index (χ3n) is 2.67. The van der Waals surface area contributed by atoms with Crippen LogP contribution in [-0.4, -0.2) is 26.8 Å². The van der Waals surface area contributed by atoms with Crippen molar-refractivity contribution in [3.8, 4) is 11.5 Å². The van der Waals surface area contributed by atoms with Crippen molar-refractivity contribution in [1.82, 2.24) is 0 Å². The van der Waals surface area contributed by atoms with E-state index in [-0.39, 0.29) is 5.97 Å². The highest BCUT2D eigenvalue weighted by molar-refractivity contribution is 7.21. The largest absolute Gasteiger partial charge is 0.497 e. The van der Waals surface area contributed by atoms with E-state index in [1.54, 1.807) is 7.11 Å². The molecule has 0 aliphatic carbocycles. The number of methoxy groups -OCH3 is 2. The van der Waals surface area contributed by atoms with Crippen LogP contribution >= 0.6 is 11.3 Å². The molecule has 0 saturated heterocycles. The van der Waals surface area contributed by atoms with Gasteiger partial charge in [-0.2, -0.15) is 0 Å². The molecule has 0 bridgehead atoms. The number of ether oxygens (including phenoxy) is 3. The molecule has 0 aliphatic heterocycles. The highest BCUT2D eigenvalue weighted by atomic mass is 32.1. The number of carbonyl (C=O) groups excluding carboxylic acids is 1. The molecule has 0 fully saturated rings. The normalized spacial score (nSPS) is 10.5. The highest BCUT2D eigenvalue weighted by Crippen LogP contribution is 2.39. The van der Waals surface area contributed by atoms with Crippen molar-refractivity contribution in [1.29, 1.82) is 0 Å². The molecule has 1 aromatic carbocycles. The second-order valence-corrected chi connectivity index (χ2v) is 5.01. The minimum Gasteiger partial charge on any atom is -0.497 e. The zero-order valence-corrected chi connectivity index (χ0v) is 12.0. The smallest absolute Gasteiger partial charge is 0.351 e. The van der Waals surface area contributed by atoms with Crippen LogP contribution in [0.4, 0.5) is 0 Å². The van der Waals surface area contributed by atoms with E-state index >= 15 is 0 Å². The number of hydrogen-bond donors (Lipinski definition) is 0. The third kappa shape index (κ3) is 2.66. The van der Waals surface area contributed by atoms with Gasteiger partial charge in [0, 0.05) is 10.1 Å². The summed E-state index contributed by atoms with van der Waals surface area (Å²) >= 11 is 1.36. The number of benzene rings is 1. The number of esters is 1. The molecule has 19 heavy (non-hydrogen) atoms. The lowest BCUT2D eigenvalue weighted by molar-refractivity contribution is 0.0602. The zero-order chi connectivity index (χ0) is 13.8. The Morgan fingerprint density at radius 3 is 2.74 bits per heavy atom. The number of carbonyl (C=O) groups is 1. The molecule has 0 atom stereocenters. The average molecular weight is 280 g/mol. The molecule has 0 amide bonds. The molecule has 0 unspecified atom stereocenters. The Morgan fingerprint density at radius 1 is 1.32 bits per heavy atom. The fourth-order valence-electron chi connectivity index (χ4n) is 1.75. The minimum absolute atomic E-state index is 0.369. The zero-order valence-electron chi connectivity index (χ0n) is 11.2. The van der Waals surface area contributed by atoms with Gasteiger partial charge in [-0.3, -0.25) is 0 Å². The van der Waals surface area contributed by atoms with Crippen molar-refractivity contribution >= 4 is 27.4 Å². The SMILES string of the molecule is CCCOc1c(C(=O)OC)sc2cc(OC)ccc12. The Labute approximate surface area is 115 Å². The Hall–Kier alpha value is -1.75. The second kappa shape index (κ2) is 5.93. The maximum absolute atomic E-state index is 11.8. The summed E-state index contributed by atoms with van der Waals surface area (Å²) in [6, 6.07) is 5.66. The first-order chi connectivity index (χ1) is 9.21. The van der Waals surface area contributed by atoms with Gasteiger partial charge in [0.15, 0.2) is 10.6 Å². The van der Waals surface area contributed by atoms with E-state index in [4.69, 9.17) is 14.2 Å². The van der Waals surface area contributed by atoms with Crippen molar-refractivity contribution in [2.45, 2.75) is 13.3 Å². The fraction of sp³-hybridized carbons (Fsp3) is 0.357. The molecule has 0 aliphatic rings. The lowest BCUT2D eigenvalue weighted by Gasteiger charge is -2.05. The molecule has 0 N–H and O–H groups in total. The summed E-state index contributed by atoms with van der Waals surface area (Å²) in [7, 11) is 2.99. The highest BCUT2D eigenvalue weighted by Gasteiger charge is 2.20. The topological polar surface area (TPSA) is 44.8 Å². The van der Waals surface area contributed by atoms with Crippen LogP contribution in [0.25, 0.3) is 10.1 Å². The molecule has 2 aromatic rings. The van der Waals surface area contributed by atoms with E-state index in [2.05, 4.69) is 0 Å². The molecule has 0 radical (unpaired) electrons. The van der Waals surface area contributed by atoms with Crippen molar-refractivity contribution < 1.29 is 19.0 Å². The molecule has 102 valence electrons. The Balaban J connectivity index is 2.54. The minimum atomic E-state index is -0.369. The fourth-order valence-corrected chi connectivity index (χ4v) is 2.85. The molecule has 0 spiro atoms. The number of rotatable bonds is 5. The van der Waals surface area contributed by atoms with Gasteiger partial charge in [-0.15, -0.1) is 11.3 Å². The summed E-state index contributed by atoms with van der Waals surface area (Å²) in [5.41, 5.74) is 0. The van der Waals surface area contributed by atoms with Gasteiger partial charge in [-0.1, -0.05) is 6.92 Å². The molecule has 0 saturated carbocycles. The van der Waals surface area contributed by atoms with Gasteiger partial charge in [0.05, 0.1) is 20.8 Å². The van der Waals surface area contributed by atoms with Gasteiger partial charge in [-0.05, 0) is 24.6 Å². The average Bonchev–Trinajstić information content (AvgIpc) is 2.81. The maximum atomic E-state index is 11.8. The van der Waals surface area contributed by atoms with Crippen molar-refractivity contribution in [3.63, 3.8) is 0 Å². The predicted octanol–water partition coefficient (Wildman–Crippen LogP) is 3.49. The standard InChI is InChI=1S/C14H16O4S/c1-4-7-18-12-10-6-5-9(16-2)8-11(10)19-13(12)14(15)17-3/h5-6,8H,4,7H2,1-3H3. The van der Waals surface area contributed by atoms with Gasteiger partial charge in [0.1, 0.15) is 5.75 Å². The van der Waals surface area contributed by atoms with Gasteiger partial charge in [-0.25, -0.2) is 4.79 Å². The summed E-state index contributed by atoms with van der Waals surface area (Å²) in [6.45, 7) is 2.59. The summed E-state index contributed by atoms with van der Waals surface area (Å²) in [5.74, 6) is 0.995. The Bertz CT molecular complexity index is 588. The summed E-state index contributed by atoms with van der Waals surface area (Å²) in [5, 5.41) is 0.916. The summed E-state index contributed by atoms with van der Waals surface area (Å²) in [4.78, 5) is 12.3. The second-order valence-electron chi connectivity index (χ2n) is 3.96. The Morgan fingerprint density at radius 2 is 2.11 bits per heavy atom. The third-order valence-corrected chi connectivity index (χ3v) is 3.79. The first-order valence-corrected chi connectivity index (χ1v) is 6.84. The van der Waals surface area contributed by atoms with E-state index in [1.165, 1.54) is 18.4 Å². The monoisotopic (exact) mass is 280 g/mol. The Kier molecular flexibility index (Phi) is 4.27. The quantitative estimate of drug-likeness (QED) is 0.786. The summed E-state index contributed by atoms with van der Waals surface area (Å²) < 4.78 is 16.6. The van der Waals surface area contributed by atoms with E-state index < -0.39 is 0 Å². The maximum Gasteiger partial charge on any atom is 0.351 e. The predicted molar refractivity (Wildman–Crippen MR) is 75.5 cm³/mol. The molecule has 5 heteroatoms. The van der Waals surface area contributed by atoms with Crippen LogP contribution in [-0.2, 0) is 4.74 Å². The molecule has 1 heterocycles. The molecule has 2 rings (SSSR count). The van der Waals surface area contributed by atoms with E-state index in [9.17, 15) is 4.79 Å². The lowest BCUT2D eigenvalue weighted by Crippen LogP contribution is -2.03. The first kappa shape index (κ1) is 13.7. The van der Waals surface area contributed by atoms with Gasteiger partial charge < -0.3 is 14.2 Å². The van der Waals surface area contributed by atoms with Crippen LogP contribution in [0.15, 0.2) is 18.2 Å². The first-order valence-electron chi connectivity index (χ1n) is 6.03. The molecular formula is C14H16O4S. The molecular weight excluding hydrogens is 264 g/mol. The number of thiophene rings is 1. The molecule has 1 aromatic heterocycles. The van der Waals surface area contributed by atoms with Crippen LogP contribution in [0.2, 0.25) is 0 Å². The number of hydrogen-bond acceptors (Lipinski definition) is 5. The van der Waals surface area contributed by atoms with Crippen molar-refractivity contribution in [2.75, 3.05) is 20.8 Å². The van der Waals surface area contributed by atoms with Crippen LogP contribution in [0.5, 0.6) is 11.5 Å². The van der Waals surface area contributed by atoms with Gasteiger partial charge >= 0.3 is 5.97 Å². The van der Waals surface area contributed by atoms with Crippen LogP contribution in [0.1, 0.15) is 23.0 Å². The van der Waals surface area contributed by atoms with E-state index in [0.717, 1.165) is 22.3 Å². The van der Waals surface area contributed by atoms with E-state index in [0.29, 0.717) is 17.2 Å². The molecule has 4 nitrogen and oxygen atoms in total.